The summed E-state index contributed by atoms with van der Waals surface area (Å²) in [5.41, 5.74) is 0.737. The van der Waals surface area contributed by atoms with Crippen LogP contribution >= 0.6 is 0 Å². The van der Waals surface area contributed by atoms with Crippen molar-refractivity contribution in [2.75, 3.05) is 6.61 Å². The Labute approximate surface area is 108 Å². The van der Waals surface area contributed by atoms with Crippen LogP contribution in [0.3, 0.4) is 0 Å². The number of hydrogen-bond donors (Lipinski definition) is 3. The fourth-order valence-corrected chi connectivity index (χ4v) is 1.57. The summed E-state index contributed by atoms with van der Waals surface area (Å²) in [5, 5.41) is 13.1. The molecule has 0 fully saturated rings. The van der Waals surface area contributed by atoms with Gasteiger partial charge in [0.05, 0.1) is 13.2 Å². The minimum absolute atomic E-state index is 0.0459. The standard InChI is InChI=1S/C13H13N3O3/c17-8-2-1-3-10-4-6-11(7-5-10)9-16-12(18)14-15-13(16)19/h4-7,17H,2,8-9H2,(H,14,18)(H,15,19). The third-order valence-electron chi connectivity index (χ3n) is 2.53. The second kappa shape index (κ2) is 5.89. The van der Waals surface area contributed by atoms with Crippen molar-refractivity contribution in [1.29, 1.82) is 0 Å². The molecule has 6 heteroatoms. The zero-order valence-corrected chi connectivity index (χ0v) is 10.1. The van der Waals surface area contributed by atoms with Gasteiger partial charge in [0.1, 0.15) is 0 Å². The number of benzene rings is 1. The lowest BCUT2D eigenvalue weighted by atomic mass is 10.1. The molecule has 0 spiro atoms. The summed E-state index contributed by atoms with van der Waals surface area (Å²) in [7, 11) is 0. The minimum Gasteiger partial charge on any atom is -0.395 e. The van der Waals surface area contributed by atoms with Gasteiger partial charge >= 0.3 is 11.4 Å². The van der Waals surface area contributed by atoms with Crippen LogP contribution in [0.4, 0.5) is 0 Å². The molecule has 3 N–H and O–H groups in total. The quantitative estimate of drug-likeness (QED) is 0.658. The zero-order valence-electron chi connectivity index (χ0n) is 10.1. The largest absolute Gasteiger partial charge is 0.395 e. The number of nitrogens with one attached hydrogen (secondary N) is 2. The Balaban J connectivity index is 2.14. The van der Waals surface area contributed by atoms with Crippen molar-refractivity contribution >= 4 is 0 Å². The number of H-pyrrole nitrogens is 2. The molecular weight excluding hydrogens is 246 g/mol. The molecular formula is C13H13N3O3. The first kappa shape index (κ1) is 12.9. The van der Waals surface area contributed by atoms with Crippen molar-refractivity contribution < 1.29 is 5.11 Å². The molecule has 0 saturated heterocycles. The highest BCUT2D eigenvalue weighted by Crippen LogP contribution is 2.03. The molecule has 6 nitrogen and oxygen atoms in total. The van der Waals surface area contributed by atoms with E-state index in [1.165, 1.54) is 0 Å². The maximum absolute atomic E-state index is 11.3. The van der Waals surface area contributed by atoms with E-state index in [1.54, 1.807) is 0 Å². The van der Waals surface area contributed by atoms with Crippen LogP contribution in [0.2, 0.25) is 0 Å². The van der Waals surface area contributed by atoms with E-state index in [4.69, 9.17) is 5.11 Å². The van der Waals surface area contributed by atoms with Crippen LogP contribution in [-0.4, -0.2) is 26.5 Å². The Morgan fingerprint density at radius 2 is 1.74 bits per heavy atom. The first-order valence-corrected chi connectivity index (χ1v) is 5.77. The maximum Gasteiger partial charge on any atom is 0.344 e. The van der Waals surface area contributed by atoms with E-state index in [9.17, 15) is 9.59 Å². The van der Waals surface area contributed by atoms with Gasteiger partial charge in [0.15, 0.2) is 0 Å². The highest BCUT2D eigenvalue weighted by atomic mass is 16.2. The van der Waals surface area contributed by atoms with Crippen LogP contribution < -0.4 is 11.4 Å². The average Bonchev–Trinajstić information content (AvgIpc) is 2.73. The third-order valence-corrected chi connectivity index (χ3v) is 2.53. The molecule has 0 atom stereocenters. The number of hydrogen-bond acceptors (Lipinski definition) is 3. The minimum atomic E-state index is -0.461. The van der Waals surface area contributed by atoms with E-state index < -0.39 is 11.4 Å². The van der Waals surface area contributed by atoms with Crippen LogP contribution in [0.1, 0.15) is 17.5 Å². The smallest absolute Gasteiger partial charge is 0.344 e. The Bertz CT molecular complexity index is 683. The van der Waals surface area contributed by atoms with Crippen LogP contribution in [0.15, 0.2) is 33.9 Å². The van der Waals surface area contributed by atoms with E-state index in [-0.39, 0.29) is 13.2 Å². The van der Waals surface area contributed by atoms with Gasteiger partial charge in [-0.15, -0.1) is 0 Å². The molecule has 0 amide bonds. The van der Waals surface area contributed by atoms with Gasteiger partial charge in [-0.3, -0.25) is 0 Å². The van der Waals surface area contributed by atoms with Gasteiger partial charge < -0.3 is 5.11 Å². The molecule has 98 valence electrons. The Kier molecular flexibility index (Phi) is 4.00. The first-order valence-electron chi connectivity index (χ1n) is 5.77. The van der Waals surface area contributed by atoms with Gasteiger partial charge in [0.25, 0.3) is 0 Å². The van der Waals surface area contributed by atoms with Gasteiger partial charge in [0.2, 0.25) is 0 Å². The third kappa shape index (κ3) is 3.24. The molecule has 0 saturated carbocycles. The predicted octanol–water partition coefficient (Wildman–Crippen LogP) is -0.353. The van der Waals surface area contributed by atoms with Crippen molar-refractivity contribution in [3.63, 3.8) is 0 Å². The molecule has 0 aliphatic rings. The normalized spacial score (nSPS) is 9.95. The van der Waals surface area contributed by atoms with Crippen LogP contribution in [0.5, 0.6) is 0 Å². The first-order chi connectivity index (χ1) is 9.20. The molecule has 1 heterocycles. The lowest BCUT2D eigenvalue weighted by Gasteiger charge is -2.00. The van der Waals surface area contributed by atoms with Gasteiger partial charge in [-0.05, 0) is 17.7 Å². The second-order valence-corrected chi connectivity index (χ2v) is 3.92. The summed E-state index contributed by atoms with van der Waals surface area (Å²) in [4.78, 5) is 22.6. The fraction of sp³-hybridized carbons (Fsp3) is 0.231. The Morgan fingerprint density at radius 3 is 2.32 bits per heavy atom. The highest BCUT2D eigenvalue weighted by Gasteiger charge is 2.03. The zero-order chi connectivity index (χ0) is 13.7. The summed E-state index contributed by atoms with van der Waals surface area (Å²) < 4.78 is 1.08. The number of aliphatic hydroxyl groups excluding tert-OH is 1. The molecule has 0 aliphatic heterocycles. The lowest BCUT2D eigenvalue weighted by Crippen LogP contribution is -2.26. The SMILES string of the molecule is O=c1[nH][nH]c(=O)n1Cc1ccc(C#CCCO)cc1. The van der Waals surface area contributed by atoms with E-state index in [0.29, 0.717) is 6.42 Å². The van der Waals surface area contributed by atoms with E-state index in [2.05, 4.69) is 22.0 Å². The number of rotatable bonds is 3. The molecule has 2 aromatic rings. The summed E-state index contributed by atoms with van der Waals surface area (Å²) in [6.45, 7) is 0.256. The van der Waals surface area contributed by atoms with Gasteiger partial charge in [-0.1, -0.05) is 24.0 Å². The number of aliphatic hydroxyl groups is 1. The van der Waals surface area contributed by atoms with E-state index in [0.717, 1.165) is 15.7 Å². The summed E-state index contributed by atoms with van der Waals surface area (Å²) in [6.07, 6.45) is 0.440. The Hall–Kier alpha value is -2.52. The van der Waals surface area contributed by atoms with Gasteiger partial charge in [-0.25, -0.2) is 24.4 Å². The average molecular weight is 259 g/mol. The fourth-order valence-electron chi connectivity index (χ4n) is 1.57. The van der Waals surface area contributed by atoms with Crippen molar-refractivity contribution in [2.24, 2.45) is 0 Å². The number of aromatic amines is 2. The summed E-state index contributed by atoms with van der Waals surface area (Å²) in [6, 6.07) is 7.24. The van der Waals surface area contributed by atoms with Crippen LogP contribution in [0, 0.1) is 11.8 Å². The molecule has 1 aromatic carbocycles. The number of nitrogens with zero attached hydrogens (tertiary/aromatic N) is 1. The van der Waals surface area contributed by atoms with Crippen molar-refractivity contribution in [3.05, 3.63) is 56.4 Å². The molecule has 1 aromatic heterocycles. The van der Waals surface area contributed by atoms with Gasteiger partial charge in [-0.2, -0.15) is 0 Å². The predicted molar refractivity (Wildman–Crippen MR) is 69.8 cm³/mol. The van der Waals surface area contributed by atoms with E-state index >= 15 is 0 Å². The molecule has 0 bridgehead atoms. The summed E-state index contributed by atoms with van der Waals surface area (Å²) >= 11 is 0. The van der Waals surface area contributed by atoms with Crippen molar-refractivity contribution in [1.82, 2.24) is 14.8 Å². The van der Waals surface area contributed by atoms with Crippen LogP contribution in [0.25, 0.3) is 0 Å². The summed E-state index contributed by atoms with van der Waals surface area (Å²) in [5.74, 6) is 5.72. The topological polar surface area (TPSA) is 90.9 Å². The van der Waals surface area contributed by atoms with Crippen molar-refractivity contribution in [2.45, 2.75) is 13.0 Å². The monoisotopic (exact) mass is 259 g/mol. The van der Waals surface area contributed by atoms with Crippen LogP contribution in [-0.2, 0) is 6.54 Å². The maximum atomic E-state index is 11.3. The lowest BCUT2D eigenvalue weighted by molar-refractivity contribution is 0.305. The number of aromatic nitrogens is 3. The molecule has 2 rings (SSSR count). The highest BCUT2D eigenvalue weighted by molar-refractivity contribution is 5.36. The van der Waals surface area contributed by atoms with Gasteiger partial charge in [0, 0.05) is 12.0 Å². The molecule has 0 unspecified atom stereocenters. The Morgan fingerprint density at radius 1 is 1.11 bits per heavy atom. The van der Waals surface area contributed by atoms with Crippen molar-refractivity contribution in [3.8, 4) is 11.8 Å². The molecule has 0 radical (unpaired) electrons. The van der Waals surface area contributed by atoms with E-state index in [1.807, 2.05) is 24.3 Å². The second-order valence-electron chi connectivity index (χ2n) is 3.92. The molecule has 0 aliphatic carbocycles. The molecule has 19 heavy (non-hydrogen) atoms.